The molecule has 6 aromatic rings. The summed E-state index contributed by atoms with van der Waals surface area (Å²) in [6.45, 7) is 3.91. The molecule has 0 aliphatic carbocycles. The Morgan fingerprint density at radius 3 is 1.02 bits per heavy atom. The molecule has 0 unspecified atom stereocenters. The second-order valence-electron chi connectivity index (χ2n) is 8.72. The Bertz CT molecular complexity index is 1370. The fourth-order valence-corrected chi connectivity index (χ4v) is 3.44. The van der Waals surface area contributed by atoms with Crippen LogP contribution in [-0.2, 0) is 21.7 Å². The van der Waals surface area contributed by atoms with Crippen LogP contribution in [-0.4, -0.2) is 0 Å². The molecule has 0 fully saturated rings. The van der Waals surface area contributed by atoms with E-state index in [0.29, 0.717) is 11.1 Å². The van der Waals surface area contributed by atoms with E-state index in [9.17, 15) is 17.6 Å². The second-order valence-corrected chi connectivity index (χ2v) is 8.72. The van der Waals surface area contributed by atoms with E-state index in [4.69, 9.17) is 0 Å². The maximum Gasteiger partial charge on any atom is 4.00 e. The van der Waals surface area contributed by atoms with Gasteiger partial charge in [-0.15, -0.1) is 24.3 Å². The molecule has 204 valence electrons. The van der Waals surface area contributed by atoms with Crippen LogP contribution in [0.5, 0.6) is 0 Å². The molecule has 0 aliphatic rings. The summed E-state index contributed by atoms with van der Waals surface area (Å²) in [4.78, 5) is 0. The van der Waals surface area contributed by atoms with Gasteiger partial charge in [-0.2, -0.15) is 48.5 Å². The minimum Gasteiger partial charge on any atom is -0.236 e. The molecule has 0 heterocycles. The topological polar surface area (TPSA) is 0 Å². The number of aryl methyl sites for hydroxylation is 2. The van der Waals surface area contributed by atoms with Gasteiger partial charge in [-0.1, -0.05) is 81.9 Å². The molecular formula is C36H28F4Ti. The summed E-state index contributed by atoms with van der Waals surface area (Å²) < 4.78 is 51.9. The molecule has 0 radical (unpaired) electrons. The molecule has 5 heteroatoms. The minimum absolute atomic E-state index is 0. The van der Waals surface area contributed by atoms with E-state index >= 15 is 0 Å². The van der Waals surface area contributed by atoms with Crippen molar-refractivity contribution in [3.8, 4) is 22.3 Å². The average Bonchev–Trinajstić information content (AvgIpc) is 3.71. The van der Waals surface area contributed by atoms with Gasteiger partial charge < -0.3 is 0 Å². The van der Waals surface area contributed by atoms with Gasteiger partial charge >= 0.3 is 21.7 Å². The molecule has 0 saturated heterocycles. The van der Waals surface area contributed by atoms with Crippen LogP contribution in [0.3, 0.4) is 0 Å². The summed E-state index contributed by atoms with van der Waals surface area (Å²) in [5.74, 6) is -2.66. The summed E-state index contributed by atoms with van der Waals surface area (Å²) in [6.07, 6.45) is 0. The molecule has 0 N–H and O–H groups in total. The first-order chi connectivity index (χ1) is 19.3. The minimum atomic E-state index is -0.677. The maximum atomic E-state index is 13.3. The van der Waals surface area contributed by atoms with Crippen molar-refractivity contribution in [3.63, 3.8) is 0 Å². The molecular weight excluding hydrogens is 556 g/mol. The first-order valence-corrected chi connectivity index (χ1v) is 12.6. The molecule has 0 nitrogen and oxygen atoms in total. The third-order valence-electron chi connectivity index (χ3n) is 5.56. The van der Waals surface area contributed by atoms with Gasteiger partial charge in [0.2, 0.25) is 0 Å². The SMILES string of the molecule is Cc1ccc(-c2ccc(F)[c-]c2F)cc1.Cc1ccc(-c2ccc(F)[c-]c2F)cc1.[Ti+4].c1cc[cH-]c1.c1cc[cH-]c1. The van der Waals surface area contributed by atoms with Crippen LogP contribution < -0.4 is 0 Å². The Morgan fingerprint density at radius 2 is 0.780 bits per heavy atom. The van der Waals surface area contributed by atoms with Gasteiger partial charge in [-0.05, 0) is 13.8 Å². The summed E-state index contributed by atoms with van der Waals surface area (Å²) in [5.41, 5.74) is 4.41. The van der Waals surface area contributed by atoms with Gasteiger partial charge in [0.1, 0.15) is 0 Å². The van der Waals surface area contributed by atoms with E-state index in [2.05, 4.69) is 0 Å². The van der Waals surface area contributed by atoms with Crippen molar-refractivity contribution in [2.45, 2.75) is 13.8 Å². The monoisotopic (exact) mass is 584 g/mol. The van der Waals surface area contributed by atoms with Gasteiger partial charge in [-0.25, -0.2) is 41.8 Å². The van der Waals surface area contributed by atoms with Crippen LogP contribution >= 0.6 is 0 Å². The molecule has 6 rings (SSSR count). The third kappa shape index (κ3) is 11.6. The molecule has 0 spiro atoms. The fourth-order valence-electron chi connectivity index (χ4n) is 3.44. The molecule has 0 atom stereocenters. The molecule has 0 amide bonds. The fraction of sp³-hybridized carbons (Fsp3) is 0.0556. The Balaban J connectivity index is 0.000000211. The van der Waals surface area contributed by atoms with Crippen LogP contribution in [0, 0.1) is 49.2 Å². The van der Waals surface area contributed by atoms with E-state index in [0.717, 1.165) is 22.3 Å². The maximum absolute atomic E-state index is 13.3. The van der Waals surface area contributed by atoms with Crippen LogP contribution in [0.15, 0.2) is 133 Å². The molecule has 6 aromatic carbocycles. The standard InChI is InChI=1S/2C13H9F2.2C5H5.Ti/c2*1-9-2-4-10(5-3-9)12-7-6-11(14)8-13(12)15;2*1-2-4-5-3-1;/h2*2-7H,1H3;2*1-5H;/q4*-1;+4. The van der Waals surface area contributed by atoms with Crippen molar-refractivity contribution in [1.29, 1.82) is 0 Å². The predicted octanol–water partition coefficient (Wildman–Crippen LogP) is 10.3. The molecule has 0 aromatic heterocycles. The number of rotatable bonds is 2. The van der Waals surface area contributed by atoms with E-state index < -0.39 is 23.3 Å². The second kappa shape index (κ2) is 17.7. The zero-order valence-electron chi connectivity index (χ0n) is 22.7. The van der Waals surface area contributed by atoms with Crippen molar-refractivity contribution < 1.29 is 39.3 Å². The van der Waals surface area contributed by atoms with Gasteiger partial charge in [0.25, 0.3) is 0 Å². The van der Waals surface area contributed by atoms with Gasteiger partial charge in [-0.3, -0.25) is 0 Å². The number of benzene rings is 4. The quantitative estimate of drug-likeness (QED) is 0.108. The summed E-state index contributed by atoms with van der Waals surface area (Å²) in [5, 5.41) is 0. The third-order valence-corrected chi connectivity index (χ3v) is 5.56. The number of halogens is 4. The first-order valence-electron chi connectivity index (χ1n) is 12.6. The summed E-state index contributed by atoms with van der Waals surface area (Å²) >= 11 is 0. The van der Waals surface area contributed by atoms with E-state index in [-0.39, 0.29) is 21.7 Å². The van der Waals surface area contributed by atoms with Crippen LogP contribution in [0.2, 0.25) is 0 Å². The van der Waals surface area contributed by atoms with E-state index in [1.54, 1.807) is 24.3 Å². The smallest absolute Gasteiger partial charge is 0.236 e. The van der Waals surface area contributed by atoms with Gasteiger partial charge in [0.15, 0.2) is 0 Å². The normalized spacial score (nSPS) is 9.51. The van der Waals surface area contributed by atoms with Crippen molar-refractivity contribution in [3.05, 3.63) is 180 Å². The van der Waals surface area contributed by atoms with Crippen LogP contribution in [0.4, 0.5) is 17.6 Å². The van der Waals surface area contributed by atoms with E-state index in [1.807, 2.05) is 111 Å². The zero-order chi connectivity index (χ0) is 28.7. The number of hydrogen-bond acceptors (Lipinski definition) is 0. The average molecular weight is 584 g/mol. The van der Waals surface area contributed by atoms with Crippen molar-refractivity contribution >= 4 is 0 Å². The van der Waals surface area contributed by atoms with Crippen LogP contribution in [0.25, 0.3) is 22.3 Å². The number of hydrogen-bond donors (Lipinski definition) is 0. The van der Waals surface area contributed by atoms with Gasteiger partial charge in [0, 0.05) is 23.3 Å². The Hall–Kier alpha value is -3.99. The zero-order valence-corrected chi connectivity index (χ0v) is 24.3. The Morgan fingerprint density at radius 1 is 0.463 bits per heavy atom. The largest absolute Gasteiger partial charge is 4.00 e. The van der Waals surface area contributed by atoms with Crippen molar-refractivity contribution in [2.24, 2.45) is 0 Å². The summed E-state index contributed by atoms with van der Waals surface area (Å²) in [6, 6.07) is 44.1. The predicted molar refractivity (Wildman–Crippen MR) is 155 cm³/mol. The molecule has 41 heavy (non-hydrogen) atoms. The summed E-state index contributed by atoms with van der Waals surface area (Å²) in [7, 11) is 0. The van der Waals surface area contributed by atoms with E-state index in [1.165, 1.54) is 24.3 Å². The van der Waals surface area contributed by atoms with Crippen LogP contribution in [0.1, 0.15) is 11.1 Å². The Kier molecular flexibility index (Phi) is 14.3. The van der Waals surface area contributed by atoms with Crippen molar-refractivity contribution in [2.75, 3.05) is 0 Å². The molecule has 0 saturated carbocycles. The Labute approximate surface area is 254 Å². The van der Waals surface area contributed by atoms with Crippen molar-refractivity contribution in [1.82, 2.24) is 0 Å². The molecule has 0 bridgehead atoms. The van der Waals surface area contributed by atoms with Gasteiger partial charge in [0.05, 0.1) is 0 Å². The first kappa shape index (κ1) is 33.2. The molecule has 0 aliphatic heterocycles.